The average molecular weight is 268 g/mol. The van der Waals surface area contributed by atoms with Gasteiger partial charge in [0.2, 0.25) is 0 Å². The van der Waals surface area contributed by atoms with Gasteiger partial charge in [0, 0.05) is 18.2 Å². The van der Waals surface area contributed by atoms with Crippen molar-refractivity contribution in [2.75, 3.05) is 6.61 Å². The van der Waals surface area contributed by atoms with Gasteiger partial charge in [-0.1, -0.05) is 29.8 Å². The van der Waals surface area contributed by atoms with Gasteiger partial charge >= 0.3 is 6.18 Å². The summed E-state index contributed by atoms with van der Waals surface area (Å²) in [5.41, 5.74) is 0.598. The summed E-state index contributed by atoms with van der Waals surface area (Å²) in [6, 6.07) is 4.97. The highest BCUT2D eigenvalue weighted by molar-refractivity contribution is 6.31. The Balaban J connectivity index is 2.61. The molecule has 0 amide bonds. The van der Waals surface area contributed by atoms with E-state index in [0.717, 1.165) is 0 Å². The van der Waals surface area contributed by atoms with Crippen molar-refractivity contribution < 1.29 is 18.3 Å². The van der Waals surface area contributed by atoms with Crippen molar-refractivity contribution in [1.29, 1.82) is 0 Å². The normalized spacial score (nSPS) is 13.7. The summed E-state index contributed by atoms with van der Waals surface area (Å²) in [7, 11) is 0. The number of rotatable bonds is 5. The van der Waals surface area contributed by atoms with Crippen LogP contribution in [0.25, 0.3) is 0 Å². The minimum absolute atomic E-state index is 0.0177. The second-order valence-corrected chi connectivity index (χ2v) is 3.99. The fraction of sp³-hybridized carbons (Fsp3) is 0.455. The molecule has 2 N–H and O–H groups in total. The summed E-state index contributed by atoms with van der Waals surface area (Å²) in [5, 5.41) is 11.4. The van der Waals surface area contributed by atoms with Crippen LogP contribution < -0.4 is 5.32 Å². The molecule has 0 aliphatic heterocycles. The SMILES string of the molecule is OCCC(NCc1ccccc1Cl)C(F)(F)F. The van der Waals surface area contributed by atoms with Crippen LogP contribution >= 0.6 is 11.6 Å². The summed E-state index contributed by atoms with van der Waals surface area (Å²) >= 11 is 5.83. The maximum absolute atomic E-state index is 12.5. The topological polar surface area (TPSA) is 32.3 Å². The maximum atomic E-state index is 12.5. The lowest BCUT2D eigenvalue weighted by Crippen LogP contribution is -2.42. The molecule has 0 aliphatic carbocycles. The molecule has 1 unspecified atom stereocenters. The maximum Gasteiger partial charge on any atom is 0.403 e. The zero-order valence-electron chi connectivity index (χ0n) is 8.97. The van der Waals surface area contributed by atoms with Crippen LogP contribution in [0.5, 0.6) is 0 Å². The van der Waals surface area contributed by atoms with Crippen molar-refractivity contribution >= 4 is 11.6 Å². The van der Waals surface area contributed by atoms with Gasteiger partial charge in [-0.15, -0.1) is 0 Å². The highest BCUT2D eigenvalue weighted by atomic mass is 35.5. The first-order valence-corrected chi connectivity index (χ1v) is 5.47. The molecular weight excluding hydrogens is 255 g/mol. The summed E-state index contributed by atoms with van der Waals surface area (Å²) < 4.78 is 37.5. The van der Waals surface area contributed by atoms with Crippen LogP contribution in [0.4, 0.5) is 13.2 Å². The molecule has 0 heterocycles. The molecule has 0 aliphatic rings. The Bertz CT molecular complexity index is 357. The van der Waals surface area contributed by atoms with Gasteiger partial charge in [-0.25, -0.2) is 0 Å². The van der Waals surface area contributed by atoms with Crippen molar-refractivity contribution in [3.05, 3.63) is 34.9 Å². The Morgan fingerprint density at radius 3 is 2.47 bits per heavy atom. The molecule has 96 valence electrons. The first-order chi connectivity index (χ1) is 7.95. The highest BCUT2D eigenvalue weighted by Crippen LogP contribution is 2.23. The quantitative estimate of drug-likeness (QED) is 0.860. The van der Waals surface area contributed by atoms with Gasteiger partial charge in [0.15, 0.2) is 0 Å². The summed E-state index contributed by atoms with van der Waals surface area (Å²) in [5.74, 6) is 0. The molecule has 1 aromatic carbocycles. The zero-order chi connectivity index (χ0) is 12.9. The number of alkyl halides is 3. The summed E-state index contributed by atoms with van der Waals surface area (Å²) in [4.78, 5) is 0. The number of halogens is 4. The third kappa shape index (κ3) is 4.53. The van der Waals surface area contributed by atoms with Crippen LogP contribution in [0.2, 0.25) is 5.02 Å². The minimum atomic E-state index is -4.37. The molecule has 0 saturated heterocycles. The molecule has 0 saturated carbocycles. The van der Waals surface area contributed by atoms with E-state index in [2.05, 4.69) is 5.32 Å². The number of nitrogens with one attached hydrogen (secondary N) is 1. The van der Waals surface area contributed by atoms with Crippen LogP contribution in [-0.4, -0.2) is 23.9 Å². The van der Waals surface area contributed by atoms with Gasteiger partial charge in [0.1, 0.15) is 6.04 Å². The van der Waals surface area contributed by atoms with E-state index in [1.807, 2.05) is 0 Å². The predicted molar refractivity (Wildman–Crippen MR) is 59.8 cm³/mol. The van der Waals surface area contributed by atoms with Crippen LogP contribution in [-0.2, 0) is 6.54 Å². The van der Waals surface area contributed by atoms with E-state index in [4.69, 9.17) is 16.7 Å². The predicted octanol–water partition coefficient (Wildman–Crippen LogP) is 2.74. The van der Waals surface area contributed by atoms with Crippen molar-refractivity contribution in [2.45, 2.75) is 25.2 Å². The van der Waals surface area contributed by atoms with E-state index in [1.165, 1.54) is 0 Å². The van der Waals surface area contributed by atoms with Crippen LogP contribution in [0.15, 0.2) is 24.3 Å². The van der Waals surface area contributed by atoms with Crippen molar-refractivity contribution in [2.24, 2.45) is 0 Å². The molecule has 0 bridgehead atoms. The van der Waals surface area contributed by atoms with E-state index in [1.54, 1.807) is 24.3 Å². The molecule has 17 heavy (non-hydrogen) atoms. The molecule has 1 atom stereocenters. The fourth-order valence-electron chi connectivity index (χ4n) is 1.39. The largest absolute Gasteiger partial charge is 0.403 e. The van der Waals surface area contributed by atoms with Crippen molar-refractivity contribution in [3.63, 3.8) is 0 Å². The number of hydrogen-bond donors (Lipinski definition) is 2. The molecule has 6 heteroatoms. The summed E-state index contributed by atoms with van der Waals surface area (Å²) in [6.45, 7) is -0.496. The molecule has 0 spiro atoms. The number of hydrogen-bond acceptors (Lipinski definition) is 2. The highest BCUT2D eigenvalue weighted by Gasteiger charge is 2.38. The lowest BCUT2D eigenvalue weighted by Gasteiger charge is -2.21. The van der Waals surface area contributed by atoms with E-state index >= 15 is 0 Å². The van der Waals surface area contributed by atoms with Crippen LogP contribution in [0.3, 0.4) is 0 Å². The first kappa shape index (κ1) is 14.3. The Kier molecular flexibility index (Phi) is 5.24. The lowest BCUT2D eigenvalue weighted by molar-refractivity contribution is -0.159. The first-order valence-electron chi connectivity index (χ1n) is 5.09. The molecule has 1 aromatic rings. The number of aliphatic hydroxyl groups is 1. The van der Waals surface area contributed by atoms with Gasteiger partial charge in [-0.2, -0.15) is 13.2 Å². The lowest BCUT2D eigenvalue weighted by atomic mass is 10.1. The van der Waals surface area contributed by atoms with Crippen molar-refractivity contribution in [1.82, 2.24) is 5.32 Å². The fourth-order valence-corrected chi connectivity index (χ4v) is 1.59. The summed E-state index contributed by atoms with van der Waals surface area (Å²) in [6.07, 6.45) is -4.74. The molecule has 0 aromatic heterocycles. The van der Waals surface area contributed by atoms with E-state index in [0.29, 0.717) is 10.6 Å². The van der Waals surface area contributed by atoms with Gasteiger partial charge in [0.05, 0.1) is 0 Å². The number of benzene rings is 1. The minimum Gasteiger partial charge on any atom is -0.396 e. The van der Waals surface area contributed by atoms with E-state index < -0.39 is 18.8 Å². The number of aliphatic hydroxyl groups excluding tert-OH is 1. The third-order valence-corrected chi connectivity index (χ3v) is 2.68. The van der Waals surface area contributed by atoms with Crippen LogP contribution in [0, 0.1) is 0 Å². The van der Waals surface area contributed by atoms with Gasteiger partial charge < -0.3 is 10.4 Å². The van der Waals surface area contributed by atoms with Crippen LogP contribution in [0.1, 0.15) is 12.0 Å². The zero-order valence-corrected chi connectivity index (χ0v) is 9.72. The smallest absolute Gasteiger partial charge is 0.396 e. The van der Waals surface area contributed by atoms with Gasteiger partial charge in [0.25, 0.3) is 0 Å². The second kappa shape index (κ2) is 6.23. The molecule has 0 fully saturated rings. The van der Waals surface area contributed by atoms with Crippen molar-refractivity contribution in [3.8, 4) is 0 Å². The van der Waals surface area contributed by atoms with Gasteiger partial charge in [-0.05, 0) is 18.1 Å². The Hall–Kier alpha value is -0.780. The molecule has 1 rings (SSSR count). The monoisotopic (exact) mass is 267 g/mol. The van der Waals surface area contributed by atoms with E-state index in [9.17, 15) is 13.2 Å². The Morgan fingerprint density at radius 1 is 1.29 bits per heavy atom. The average Bonchev–Trinajstić information content (AvgIpc) is 2.24. The third-order valence-electron chi connectivity index (χ3n) is 2.31. The Morgan fingerprint density at radius 2 is 1.94 bits per heavy atom. The van der Waals surface area contributed by atoms with Gasteiger partial charge in [-0.3, -0.25) is 0 Å². The molecule has 0 radical (unpaired) electrons. The molecular formula is C11H13ClF3NO. The molecule has 2 nitrogen and oxygen atoms in total. The van der Waals surface area contributed by atoms with E-state index in [-0.39, 0.29) is 13.0 Å². The second-order valence-electron chi connectivity index (χ2n) is 3.58. The standard InChI is InChI=1S/C11H13ClF3NO/c12-9-4-2-1-3-8(9)7-16-10(5-6-17)11(13,14)15/h1-4,10,16-17H,5-7H2. The Labute approximate surface area is 102 Å².